The fourth-order valence-corrected chi connectivity index (χ4v) is 2.76. The van der Waals surface area contributed by atoms with Crippen molar-refractivity contribution in [1.29, 1.82) is 0 Å². The highest BCUT2D eigenvalue weighted by molar-refractivity contribution is 6.02. The molecule has 25 heavy (non-hydrogen) atoms. The molecule has 0 aliphatic heterocycles. The highest BCUT2D eigenvalue weighted by atomic mass is 19.1. The molecule has 0 aromatic heterocycles. The first kappa shape index (κ1) is 18.6. The second kappa shape index (κ2) is 8.42. The van der Waals surface area contributed by atoms with Gasteiger partial charge in [-0.05, 0) is 36.1 Å². The summed E-state index contributed by atoms with van der Waals surface area (Å²) in [6, 6.07) is 11.8. The molecule has 0 unspecified atom stereocenters. The summed E-state index contributed by atoms with van der Waals surface area (Å²) in [7, 11) is 0. The Bertz CT molecular complexity index is 752. The lowest BCUT2D eigenvalue weighted by Crippen LogP contribution is -2.37. The molecule has 1 N–H and O–H groups in total. The zero-order chi connectivity index (χ0) is 18.4. The number of benzene rings is 2. The maximum atomic E-state index is 14.0. The van der Waals surface area contributed by atoms with Crippen LogP contribution in [-0.4, -0.2) is 18.4 Å². The summed E-state index contributed by atoms with van der Waals surface area (Å²) in [6.07, 6.45) is 1.57. The molecular weight excluding hydrogens is 319 g/mol. The van der Waals surface area contributed by atoms with Crippen LogP contribution in [0.25, 0.3) is 0 Å². The van der Waals surface area contributed by atoms with Gasteiger partial charge in [-0.2, -0.15) is 0 Å². The molecular formula is C20H23FN2O2. The number of amides is 2. The predicted molar refractivity (Wildman–Crippen MR) is 98.3 cm³/mol. The lowest BCUT2D eigenvalue weighted by Gasteiger charge is -2.22. The molecule has 0 heterocycles. The minimum absolute atomic E-state index is 0.102. The summed E-state index contributed by atoms with van der Waals surface area (Å²) in [5.74, 6) is -1.28. The standard InChI is InChI=1S/C20H23FN2O2/c1-4-15-9-8-10-16(5-2)20(15)22-19(25)13-23(14(3)24)18-12-7-6-11-17(18)21/h6-12H,4-5,13H2,1-3H3,(H,22,25). The minimum atomic E-state index is -0.534. The molecule has 2 amide bonds. The third-order valence-corrected chi connectivity index (χ3v) is 4.09. The van der Waals surface area contributed by atoms with Crippen LogP contribution in [0.3, 0.4) is 0 Å². The largest absolute Gasteiger partial charge is 0.324 e. The van der Waals surface area contributed by atoms with Crippen molar-refractivity contribution < 1.29 is 14.0 Å². The van der Waals surface area contributed by atoms with Gasteiger partial charge in [-0.25, -0.2) is 4.39 Å². The number of anilines is 2. The number of halogens is 1. The van der Waals surface area contributed by atoms with E-state index in [1.807, 2.05) is 32.0 Å². The van der Waals surface area contributed by atoms with Crippen LogP contribution >= 0.6 is 0 Å². The van der Waals surface area contributed by atoms with Crippen LogP contribution in [0.15, 0.2) is 42.5 Å². The van der Waals surface area contributed by atoms with Crippen LogP contribution in [0, 0.1) is 5.82 Å². The van der Waals surface area contributed by atoms with E-state index >= 15 is 0 Å². The number of rotatable bonds is 6. The highest BCUT2D eigenvalue weighted by Crippen LogP contribution is 2.23. The van der Waals surface area contributed by atoms with Crippen molar-refractivity contribution in [1.82, 2.24) is 0 Å². The van der Waals surface area contributed by atoms with Gasteiger partial charge in [0.1, 0.15) is 12.4 Å². The minimum Gasteiger partial charge on any atom is -0.324 e. The van der Waals surface area contributed by atoms with Crippen molar-refractivity contribution in [3.8, 4) is 0 Å². The van der Waals surface area contributed by atoms with Crippen molar-refractivity contribution in [3.63, 3.8) is 0 Å². The maximum Gasteiger partial charge on any atom is 0.244 e. The van der Waals surface area contributed by atoms with Gasteiger partial charge in [-0.15, -0.1) is 0 Å². The topological polar surface area (TPSA) is 49.4 Å². The van der Waals surface area contributed by atoms with E-state index < -0.39 is 5.82 Å². The Morgan fingerprint density at radius 3 is 2.12 bits per heavy atom. The number of carbonyl (C=O) groups excluding carboxylic acids is 2. The monoisotopic (exact) mass is 342 g/mol. The first-order valence-corrected chi connectivity index (χ1v) is 8.41. The Hall–Kier alpha value is -2.69. The van der Waals surface area contributed by atoms with E-state index in [1.165, 1.54) is 19.1 Å². The van der Waals surface area contributed by atoms with Crippen molar-refractivity contribution in [2.45, 2.75) is 33.6 Å². The van der Waals surface area contributed by atoms with E-state index in [4.69, 9.17) is 0 Å². The van der Waals surface area contributed by atoms with Gasteiger partial charge < -0.3 is 10.2 Å². The lowest BCUT2D eigenvalue weighted by molar-refractivity contribution is -0.120. The summed E-state index contributed by atoms with van der Waals surface area (Å²) in [4.78, 5) is 25.6. The molecule has 2 aromatic rings. The normalized spacial score (nSPS) is 10.4. The Kier molecular flexibility index (Phi) is 6.28. The van der Waals surface area contributed by atoms with Crippen LogP contribution in [0.5, 0.6) is 0 Å². The summed E-state index contributed by atoms with van der Waals surface area (Å²) in [5, 5.41) is 2.90. The summed E-state index contributed by atoms with van der Waals surface area (Å²) in [5.41, 5.74) is 2.96. The highest BCUT2D eigenvalue weighted by Gasteiger charge is 2.20. The van der Waals surface area contributed by atoms with E-state index in [-0.39, 0.29) is 24.0 Å². The Labute approximate surface area is 147 Å². The SMILES string of the molecule is CCc1cccc(CC)c1NC(=O)CN(C(C)=O)c1ccccc1F. The number of aryl methyl sites for hydroxylation is 2. The maximum absolute atomic E-state index is 14.0. The van der Waals surface area contributed by atoms with Gasteiger partial charge in [0.25, 0.3) is 0 Å². The molecule has 2 aromatic carbocycles. The predicted octanol–water partition coefficient (Wildman–Crippen LogP) is 3.94. The second-order valence-corrected chi connectivity index (χ2v) is 5.76. The van der Waals surface area contributed by atoms with Crippen molar-refractivity contribution in [2.24, 2.45) is 0 Å². The molecule has 0 aliphatic rings. The molecule has 0 radical (unpaired) electrons. The fourth-order valence-electron chi connectivity index (χ4n) is 2.76. The van der Waals surface area contributed by atoms with Crippen molar-refractivity contribution in [3.05, 3.63) is 59.4 Å². The Morgan fingerprint density at radius 2 is 1.60 bits per heavy atom. The summed E-state index contributed by atoms with van der Waals surface area (Å²) >= 11 is 0. The third-order valence-electron chi connectivity index (χ3n) is 4.09. The van der Waals surface area contributed by atoms with Crippen LogP contribution in [0.1, 0.15) is 31.9 Å². The van der Waals surface area contributed by atoms with Crippen LogP contribution in [-0.2, 0) is 22.4 Å². The molecule has 0 bridgehead atoms. The van der Waals surface area contributed by atoms with Crippen LogP contribution in [0.2, 0.25) is 0 Å². The van der Waals surface area contributed by atoms with Gasteiger partial charge in [0, 0.05) is 12.6 Å². The average Bonchev–Trinajstić information content (AvgIpc) is 2.60. The molecule has 0 fully saturated rings. The van der Waals surface area contributed by atoms with E-state index in [9.17, 15) is 14.0 Å². The van der Waals surface area contributed by atoms with E-state index in [0.29, 0.717) is 0 Å². The lowest BCUT2D eigenvalue weighted by atomic mass is 10.0. The van der Waals surface area contributed by atoms with Crippen LogP contribution < -0.4 is 10.2 Å². The Balaban J connectivity index is 2.24. The fraction of sp³-hybridized carbons (Fsp3) is 0.300. The molecule has 0 atom stereocenters. The first-order chi connectivity index (χ1) is 12.0. The van der Waals surface area contributed by atoms with Gasteiger partial charge in [0.15, 0.2) is 0 Å². The molecule has 0 saturated carbocycles. The van der Waals surface area contributed by atoms with Gasteiger partial charge in [0.2, 0.25) is 11.8 Å². The second-order valence-electron chi connectivity index (χ2n) is 5.76. The van der Waals surface area contributed by atoms with E-state index in [0.717, 1.165) is 34.6 Å². The smallest absolute Gasteiger partial charge is 0.244 e. The number of carbonyl (C=O) groups is 2. The first-order valence-electron chi connectivity index (χ1n) is 8.41. The number of nitrogens with zero attached hydrogens (tertiary/aromatic N) is 1. The quantitative estimate of drug-likeness (QED) is 0.864. The number of hydrogen-bond donors (Lipinski definition) is 1. The van der Waals surface area contributed by atoms with Crippen molar-refractivity contribution in [2.75, 3.05) is 16.8 Å². The zero-order valence-electron chi connectivity index (χ0n) is 14.8. The van der Waals surface area contributed by atoms with Crippen LogP contribution in [0.4, 0.5) is 15.8 Å². The van der Waals surface area contributed by atoms with Gasteiger partial charge in [-0.3, -0.25) is 9.59 Å². The molecule has 2 rings (SSSR count). The van der Waals surface area contributed by atoms with E-state index in [2.05, 4.69) is 5.32 Å². The number of nitrogens with one attached hydrogen (secondary N) is 1. The average molecular weight is 342 g/mol. The van der Waals surface area contributed by atoms with Gasteiger partial charge in [-0.1, -0.05) is 44.2 Å². The molecule has 0 spiro atoms. The zero-order valence-corrected chi connectivity index (χ0v) is 14.8. The molecule has 0 aliphatic carbocycles. The third kappa shape index (κ3) is 4.44. The van der Waals surface area contributed by atoms with E-state index in [1.54, 1.807) is 12.1 Å². The Morgan fingerprint density at radius 1 is 1.00 bits per heavy atom. The van der Waals surface area contributed by atoms with Gasteiger partial charge >= 0.3 is 0 Å². The molecule has 4 nitrogen and oxygen atoms in total. The summed E-state index contributed by atoms with van der Waals surface area (Å²) in [6.45, 7) is 5.12. The number of hydrogen-bond acceptors (Lipinski definition) is 2. The molecule has 5 heteroatoms. The number of para-hydroxylation sites is 2. The molecule has 0 saturated heterocycles. The molecule has 132 valence electrons. The van der Waals surface area contributed by atoms with Gasteiger partial charge in [0.05, 0.1) is 5.69 Å². The summed E-state index contributed by atoms with van der Waals surface area (Å²) < 4.78 is 14.0. The van der Waals surface area contributed by atoms with Crippen molar-refractivity contribution >= 4 is 23.2 Å².